The van der Waals surface area contributed by atoms with Crippen LogP contribution in [0.2, 0.25) is 0 Å². The largest absolute Gasteiger partial charge is 0.351 e. The number of fused-ring (bicyclic) bond motifs is 1. The third-order valence-electron chi connectivity index (χ3n) is 5.59. The van der Waals surface area contributed by atoms with Gasteiger partial charge in [-0.25, -0.2) is 23.7 Å². The molecule has 4 rings (SSSR count). The first-order chi connectivity index (χ1) is 14.3. The standard InChI is InChI=1S/C18H22FN8O3/c1-11-13(19)15(21-9-20-11)26-6-4-25(5-7-26)12(28)8-27-10-22-16-14(27)17(29)24(3)18(30)23(16)2/h9-10,14H,4-8H2,1-3H3/q+1. The Morgan fingerprint density at radius 3 is 2.57 bits per heavy atom. The summed E-state index contributed by atoms with van der Waals surface area (Å²) in [6, 6.07) is -1.25. The lowest BCUT2D eigenvalue weighted by molar-refractivity contribution is -0.520. The molecule has 0 saturated carbocycles. The quantitative estimate of drug-likeness (QED) is 0.580. The van der Waals surface area contributed by atoms with E-state index in [2.05, 4.69) is 15.0 Å². The van der Waals surface area contributed by atoms with Gasteiger partial charge in [0.2, 0.25) is 0 Å². The van der Waals surface area contributed by atoms with E-state index in [4.69, 9.17) is 0 Å². The van der Waals surface area contributed by atoms with Crippen molar-refractivity contribution in [3.05, 3.63) is 17.8 Å². The van der Waals surface area contributed by atoms with Crippen LogP contribution >= 0.6 is 0 Å². The molecule has 12 heteroatoms. The number of hydrogen-bond acceptors (Lipinski definition) is 7. The first-order valence-corrected chi connectivity index (χ1v) is 9.51. The number of aliphatic imine (C=N–C) groups is 1. The monoisotopic (exact) mass is 417 g/mol. The summed E-state index contributed by atoms with van der Waals surface area (Å²) < 4.78 is 15.8. The molecule has 1 unspecified atom stereocenters. The lowest BCUT2D eigenvalue weighted by Crippen LogP contribution is -2.62. The topological polar surface area (TPSA) is 105 Å². The van der Waals surface area contributed by atoms with Crippen molar-refractivity contribution >= 4 is 35.8 Å². The van der Waals surface area contributed by atoms with Crippen molar-refractivity contribution in [2.24, 2.45) is 4.99 Å². The fourth-order valence-corrected chi connectivity index (χ4v) is 3.76. The molecule has 158 valence electrons. The minimum absolute atomic E-state index is 0.0414. The lowest BCUT2D eigenvalue weighted by atomic mass is 10.1. The zero-order chi connectivity index (χ0) is 21.6. The number of aromatic nitrogens is 2. The molecule has 3 aliphatic rings. The summed E-state index contributed by atoms with van der Waals surface area (Å²) in [6.07, 6.45) is 2.75. The molecule has 2 saturated heterocycles. The van der Waals surface area contributed by atoms with Crippen LogP contribution in [0.25, 0.3) is 0 Å². The molecule has 3 aliphatic heterocycles. The minimum atomic E-state index is -0.791. The van der Waals surface area contributed by atoms with E-state index in [0.29, 0.717) is 32.0 Å². The van der Waals surface area contributed by atoms with Gasteiger partial charge in [0.15, 0.2) is 18.2 Å². The number of anilines is 1. The van der Waals surface area contributed by atoms with Gasteiger partial charge in [-0.15, -0.1) is 0 Å². The number of aryl methyl sites for hydroxylation is 1. The molecule has 1 aromatic heterocycles. The van der Waals surface area contributed by atoms with Gasteiger partial charge in [-0.2, -0.15) is 0 Å². The molecule has 1 atom stereocenters. The predicted molar refractivity (Wildman–Crippen MR) is 104 cm³/mol. The van der Waals surface area contributed by atoms with Crippen LogP contribution in [-0.2, 0) is 9.59 Å². The SMILES string of the molecule is Cc1ncnc(N2CCN(C(=O)C[N+]3=CN=C4C3C(=O)N(C)C(=O)N4C)CC2)c1F. The molecule has 0 radical (unpaired) electrons. The van der Waals surface area contributed by atoms with Crippen molar-refractivity contribution in [1.29, 1.82) is 0 Å². The number of rotatable bonds is 3. The summed E-state index contributed by atoms with van der Waals surface area (Å²) in [4.78, 5) is 55.2. The van der Waals surface area contributed by atoms with Crippen LogP contribution in [0.4, 0.5) is 15.0 Å². The van der Waals surface area contributed by atoms with Gasteiger partial charge in [-0.3, -0.25) is 19.4 Å². The maximum Gasteiger partial charge on any atom is 0.333 e. The van der Waals surface area contributed by atoms with E-state index in [0.717, 1.165) is 4.90 Å². The first kappa shape index (κ1) is 19.9. The number of nitrogens with zero attached hydrogens (tertiary/aromatic N) is 8. The average Bonchev–Trinajstić information content (AvgIpc) is 3.16. The third kappa shape index (κ3) is 3.17. The normalized spacial score (nSPS) is 21.7. The number of carbonyl (C=O) groups excluding carboxylic acids is 3. The van der Waals surface area contributed by atoms with Crippen molar-refractivity contribution in [2.45, 2.75) is 13.0 Å². The Labute approximate surface area is 172 Å². The second-order valence-corrected chi connectivity index (χ2v) is 7.38. The number of piperazine rings is 1. The fraction of sp³-hybridized carbons (Fsp3) is 0.500. The van der Waals surface area contributed by atoms with Gasteiger partial charge in [0, 0.05) is 40.3 Å². The maximum absolute atomic E-state index is 14.3. The van der Waals surface area contributed by atoms with Gasteiger partial charge in [0.1, 0.15) is 6.33 Å². The van der Waals surface area contributed by atoms with Gasteiger partial charge in [0.05, 0.1) is 5.69 Å². The van der Waals surface area contributed by atoms with Crippen molar-refractivity contribution in [3.63, 3.8) is 0 Å². The Morgan fingerprint density at radius 2 is 1.87 bits per heavy atom. The van der Waals surface area contributed by atoms with Crippen molar-refractivity contribution in [1.82, 2.24) is 24.7 Å². The van der Waals surface area contributed by atoms with Crippen LogP contribution in [0.1, 0.15) is 5.69 Å². The van der Waals surface area contributed by atoms with E-state index in [9.17, 15) is 18.8 Å². The Balaban J connectivity index is 1.39. The van der Waals surface area contributed by atoms with E-state index >= 15 is 0 Å². The van der Waals surface area contributed by atoms with Crippen LogP contribution in [0, 0.1) is 12.7 Å². The number of halogens is 1. The Bertz CT molecular complexity index is 986. The van der Waals surface area contributed by atoms with Gasteiger partial charge >= 0.3 is 6.03 Å². The molecule has 11 nitrogen and oxygen atoms in total. The zero-order valence-corrected chi connectivity index (χ0v) is 16.9. The van der Waals surface area contributed by atoms with Crippen LogP contribution in [0.15, 0.2) is 11.3 Å². The summed E-state index contributed by atoms with van der Waals surface area (Å²) in [7, 11) is 2.95. The Morgan fingerprint density at radius 1 is 1.17 bits per heavy atom. The molecule has 2 fully saturated rings. The molecule has 4 amide bonds. The summed E-state index contributed by atoms with van der Waals surface area (Å²) in [5.41, 5.74) is 0.282. The van der Waals surface area contributed by atoms with Crippen molar-refractivity contribution in [3.8, 4) is 0 Å². The second-order valence-electron chi connectivity index (χ2n) is 7.38. The van der Waals surface area contributed by atoms with Crippen LogP contribution in [-0.4, -0.2) is 112 Å². The number of imide groups is 1. The minimum Gasteiger partial charge on any atom is -0.351 e. The molecule has 0 N–H and O–H groups in total. The molecule has 0 bridgehead atoms. The van der Waals surface area contributed by atoms with Gasteiger partial charge in [-0.05, 0) is 11.9 Å². The van der Waals surface area contributed by atoms with Gasteiger partial charge in [-0.1, -0.05) is 0 Å². The highest BCUT2D eigenvalue weighted by Crippen LogP contribution is 2.20. The molecule has 1 aromatic rings. The number of carbonyl (C=O) groups is 3. The zero-order valence-electron chi connectivity index (χ0n) is 16.9. The fourth-order valence-electron chi connectivity index (χ4n) is 3.76. The number of urea groups is 1. The number of amidine groups is 1. The number of amides is 4. The van der Waals surface area contributed by atoms with Crippen LogP contribution in [0.3, 0.4) is 0 Å². The summed E-state index contributed by atoms with van der Waals surface area (Å²) in [6.45, 7) is 3.22. The van der Waals surface area contributed by atoms with E-state index in [1.165, 1.54) is 24.6 Å². The highest BCUT2D eigenvalue weighted by atomic mass is 19.1. The predicted octanol–water partition coefficient (Wildman–Crippen LogP) is -1.08. The van der Waals surface area contributed by atoms with Gasteiger partial charge in [0.25, 0.3) is 30.0 Å². The highest BCUT2D eigenvalue weighted by Gasteiger charge is 2.51. The molecule has 0 aromatic carbocycles. The van der Waals surface area contributed by atoms with Crippen LogP contribution in [0.5, 0.6) is 0 Å². The summed E-state index contributed by atoms with van der Waals surface area (Å²) >= 11 is 0. The third-order valence-corrected chi connectivity index (χ3v) is 5.59. The average molecular weight is 417 g/mol. The Hall–Kier alpha value is -3.44. The lowest BCUT2D eigenvalue weighted by Gasteiger charge is -2.35. The molecule has 0 spiro atoms. The van der Waals surface area contributed by atoms with Gasteiger partial charge < -0.3 is 9.80 Å². The first-order valence-electron chi connectivity index (χ1n) is 9.51. The Kier molecular flexibility index (Phi) is 4.92. The summed E-state index contributed by atoms with van der Waals surface area (Å²) in [5.74, 6) is -0.485. The molecular weight excluding hydrogens is 395 g/mol. The highest BCUT2D eigenvalue weighted by molar-refractivity contribution is 6.21. The molecular formula is C18H22FN8O3+. The second kappa shape index (κ2) is 7.43. The van der Waals surface area contributed by atoms with Crippen molar-refractivity contribution < 1.29 is 23.3 Å². The van der Waals surface area contributed by atoms with E-state index in [-0.39, 0.29) is 24.0 Å². The van der Waals surface area contributed by atoms with E-state index < -0.39 is 23.8 Å². The van der Waals surface area contributed by atoms with Crippen LogP contribution < -0.4 is 4.90 Å². The van der Waals surface area contributed by atoms with Crippen molar-refractivity contribution in [2.75, 3.05) is 51.7 Å². The molecule has 30 heavy (non-hydrogen) atoms. The molecule has 0 aliphatic carbocycles. The number of hydrogen-bond donors (Lipinski definition) is 0. The molecule has 4 heterocycles. The smallest absolute Gasteiger partial charge is 0.333 e. The maximum atomic E-state index is 14.3. The van der Waals surface area contributed by atoms with E-state index in [1.807, 2.05) is 0 Å². The summed E-state index contributed by atoms with van der Waals surface area (Å²) in [5, 5.41) is 0. The van der Waals surface area contributed by atoms with E-state index in [1.54, 1.807) is 28.3 Å². The number of likely N-dealkylation sites (N-methyl/N-ethyl adjacent to an activating group) is 2.